The van der Waals surface area contributed by atoms with Crippen LogP contribution < -0.4 is 5.32 Å². The molecule has 0 saturated heterocycles. The molecule has 1 N–H and O–H groups in total. The lowest BCUT2D eigenvalue weighted by atomic mass is 10.0. The van der Waals surface area contributed by atoms with Crippen LogP contribution in [0.2, 0.25) is 0 Å². The van der Waals surface area contributed by atoms with Gasteiger partial charge in [-0.25, -0.2) is 9.97 Å². The summed E-state index contributed by atoms with van der Waals surface area (Å²) in [4.78, 5) is 14.9. The zero-order valence-electron chi connectivity index (χ0n) is 13.5. The summed E-state index contributed by atoms with van der Waals surface area (Å²) >= 11 is 1.88. The van der Waals surface area contributed by atoms with Crippen molar-refractivity contribution in [2.24, 2.45) is 0 Å². The van der Waals surface area contributed by atoms with E-state index in [1.807, 2.05) is 18.3 Å². The molecule has 4 rings (SSSR count). The van der Waals surface area contributed by atoms with E-state index >= 15 is 0 Å². The molecule has 0 unspecified atom stereocenters. The van der Waals surface area contributed by atoms with Gasteiger partial charge in [-0.05, 0) is 39.5 Å². The van der Waals surface area contributed by atoms with Crippen LogP contribution in [0.4, 0.5) is 5.82 Å². The predicted octanol–water partition coefficient (Wildman–Crippen LogP) is 2.73. The summed E-state index contributed by atoms with van der Waals surface area (Å²) in [7, 11) is 0. The van der Waals surface area contributed by atoms with Gasteiger partial charge in [-0.1, -0.05) is 0 Å². The Bertz CT molecular complexity index is 826. The topological polar surface area (TPSA) is 68.0 Å². The highest BCUT2D eigenvalue weighted by molar-refractivity contribution is 7.11. The van der Waals surface area contributed by atoms with Crippen molar-refractivity contribution in [2.45, 2.75) is 46.0 Å². The average molecular weight is 328 g/mol. The molecule has 0 radical (unpaired) electrons. The van der Waals surface area contributed by atoms with Gasteiger partial charge in [0.15, 0.2) is 0 Å². The maximum Gasteiger partial charge on any atom is 0.254 e. The van der Waals surface area contributed by atoms with Crippen molar-refractivity contribution in [1.29, 1.82) is 0 Å². The third kappa shape index (κ3) is 2.69. The fourth-order valence-electron chi connectivity index (χ4n) is 3.04. The SMILES string of the molecule is Cc1nc2ncnn2c(NCCc2nc3c(s2)CCCC3)c1C. The van der Waals surface area contributed by atoms with Gasteiger partial charge in [-0.2, -0.15) is 14.6 Å². The lowest BCUT2D eigenvalue weighted by Gasteiger charge is -2.11. The number of rotatable bonds is 4. The zero-order chi connectivity index (χ0) is 15.8. The standard InChI is InChI=1S/C16H20N6S/c1-10-11(2)20-16-18-9-19-22(16)15(10)17-8-7-14-21-12-5-3-4-6-13(12)23-14/h9,17H,3-8H2,1-2H3. The second-order valence-electron chi connectivity index (χ2n) is 6.00. The normalized spacial score (nSPS) is 14.2. The van der Waals surface area contributed by atoms with Crippen molar-refractivity contribution in [3.05, 3.63) is 33.2 Å². The summed E-state index contributed by atoms with van der Waals surface area (Å²) in [6, 6.07) is 0. The van der Waals surface area contributed by atoms with Crippen LogP contribution in [-0.4, -0.2) is 31.1 Å². The second-order valence-corrected chi connectivity index (χ2v) is 7.17. The Labute approximate surface area is 139 Å². The first-order chi connectivity index (χ1) is 11.2. The molecular weight excluding hydrogens is 308 g/mol. The molecule has 3 aromatic heterocycles. The van der Waals surface area contributed by atoms with Gasteiger partial charge in [-0.3, -0.25) is 0 Å². The van der Waals surface area contributed by atoms with E-state index in [1.165, 1.54) is 34.8 Å². The first-order valence-electron chi connectivity index (χ1n) is 8.10. The van der Waals surface area contributed by atoms with E-state index < -0.39 is 0 Å². The molecule has 0 aromatic carbocycles. The lowest BCUT2D eigenvalue weighted by molar-refractivity contribution is 0.680. The van der Waals surface area contributed by atoms with E-state index in [9.17, 15) is 0 Å². The minimum Gasteiger partial charge on any atom is -0.369 e. The molecule has 120 valence electrons. The molecular formula is C16H20N6S. The number of aryl methyl sites for hydroxylation is 3. The molecule has 23 heavy (non-hydrogen) atoms. The Morgan fingerprint density at radius 2 is 2.09 bits per heavy atom. The number of aromatic nitrogens is 5. The Morgan fingerprint density at radius 3 is 2.96 bits per heavy atom. The Balaban J connectivity index is 1.50. The van der Waals surface area contributed by atoms with E-state index in [4.69, 9.17) is 4.98 Å². The largest absolute Gasteiger partial charge is 0.369 e. The van der Waals surface area contributed by atoms with Crippen LogP contribution in [-0.2, 0) is 19.3 Å². The number of hydrogen-bond acceptors (Lipinski definition) is 6. The highest BCUT2D eigenvalue weighted by Gasteiger charge is 2.15. The maximum absolute atomic E-state index is 4.81. The Hall–Kier alpha value is -2.02. The third-order valence-electron chi connectivity index (χ3n) is 4.43. The van der Waals surface area contributed by atoms with Crippen molar-refractivity contribution < 1.29 is 0 Å². The number of hydrogen-bond donors (Lipinski definition) is 1. The summed E-state index contributed by atoms with van der Waals surface area (Å²) in [5.41, 5.74) is 3.44. The second kappa shape index (κ2) is 5.88. The molecule has 0 saturated carbocycles. The van der Waals surface area contributed by atoms with E-state index in [1.54, 1.807) is 10.8 Å². The van der Waals surface area contributed by atoms with Crippen LogP contribution >= 0.6 is 11.3 Å². The van der Waals surface area contributed by atoms with Crippen molar-refractivity contribution in [3.63, 3.8) is 0 Å². The van der Waals surface area contributed by atoms with Crippen LogP contribution in [0.3, 0.4) is 0 Å². The first-order valence-corrected chi connectivity index (χ1v) is 8.92. The molecule has 6 nitrogen and oxygen atoms in total. The van der Waals surface area contributed by atoms with Crippen LogP contribution in [0, 0.1) is 13.8 Å². The van der Waals surface area contributed by atoms with Gasteiger partial charge in [0.05, 0.1) is 10.7 Å². The first kappa shape index (κ1) is 14.6. The van der Waals surface area contributed by atoms with Crippen molar-refractivity contribution in [3.8, 4) is 0 Å². The summed E-state index contributed by atoms with van der Waals surface area (Å²) in [6.45, 7) is 4.91. The highest BCUT2D eigenvalue weighted by Crippen LogP contribution is 2.27. The van der Waals surface area contributed by atoms with Crippen LogP contribution in [0.15, 0.2) is 6.33 Å². The predicted molar refractivity (Wildman–Crippen MR) is 91.2 cm³/mol. The van der Waals surface area contributed by atoms with Crippen molar-refractivity contribution in [1.82, 2.24) is 24.6 Å². The van der Waals surface area contributed by atoms with Crippen LogP contribution in [0.25, 0.3) is 5.78 Å². The Morgan fingerprint density at radius 1 is 1.22 bits per heavy atom. The number of nitrogens with zero attached hydrogens (tertiary/aromatic N) is 5. The quantitative estimate of drug-likeness (QED) is 0.797. The van der Waals surface area contributed by atoms with E-state index in [2.05, 4.69) is 27.3 Å². The van der Waals surface area contributed by atoms with E-state index in [-0.39, 0.29) is 0 Å². The third-order valence-corrected chi connectivity index (χ3v) is 5.65. The molecule has 3 aromatic rings. The molecule has 0 aliphatic heterocycles. The molecule has 1 aliphatic rings. The van der Waals surface area contributed by atoms with Gasteiger partial charge >= 0.3 is 0 Å². The number of nitrogens with one attached hydrogen (secondary N) is 1. The van der Waals surface area contributed by atoms with Crippen molar-refractivity contribution in [2.75, 3.05) is 11.9 Å². The molecule has 0 bridgehead atoms. The molecule has 1 aliphatic carbocycles. The summed E-state index contributed by atoms with van der Waals surface area (Å²) in [6.07, 6.45) is 7.45. The molecule has 0 amide bonds. The van der Waals surface area contributed by atoms with Gasteiger partial charge in [0, 0.05) is 29.1 Å². The minimum absolute atomic E-state index is 0.639. The van der Waals surface area contributed by atoms with Crippen molar-refractivity contribution >= 4 is 22.9 Å². The molecule has 0 fully saturated rings. The fourth-order valence-corrected chi connectivity index (χ4v) is 4.20. The van der Waals surface area contributed by atoms with Gasteiger partial charge in [0.1, 0.15) is 12.1 Å². The average Bonchev–Trinajstić information content (AvgIpc) is 3.16. The summed E-state index contributed by atoms with van der Waals surface area (Å²) in [5.74, 6) is 1.62. The number of anilines is 1. The summed E-state index contributed by atoms with van der Waals surface area (Å²) in [5, 5.41) is 9.00. The molecule has 7 heteroatoms. The van der Waals surface area contributed by atoms with Gasteiger partial charge in [-0.15, -0.1) is 11.3 Å². The molecule has 3 heterocycles. The minimum atomic E-state index is 0.639. The van der Waals surface area contributed by atoms with E-state index in [0.29, 0.717) is 5.78 Å². The molecule has 0 atom stereocenters. The lowest BCUT2D eigenvalue weighted by Crippen LogP contribution is -2.12. The van der Waals surface area contributed by atoms with E-state index in [0.717, 1.165) is 36.5 Å². The smallest absolute Gasteiger partial charge is 0.254 e. The van der Waals surface area contributed by atoms with Gasteiger partial charge in [0.2, 0.25) is 0 Å². The maximum atomic E-state index is 4.81. The van der Waals surface area contributed by atoms with Gasteiger partial charge < -0.3 is 5.32 Å². The summed E-state index contributed by atoms with van der Waals surface area (Å²) < 4.78 is 1.77. The fraction of sp³-hybridized carbons (Fsp3) is 0.500. The Kier molecular flexibility index (Phi) is 3.72. The monoisotopic (exact) mass is 328 g/mol. The molecule has 0 spiro atoms. The number of thiazole rings is 1. The van der Waals surface area contributed by atoms with Crippen LogP contribution in [0.1, 0.15) is 39.7 Å². The zero-order valence-corrected chi connectivity index (χ0v) is 14.3. The highest BCUT2D eigenvalue weighted by atomic mass is 32.1. The number of fused-ring (bicyclic) bond motifs is 2. The van der Waals surface area contributed by atoms with Crippen LogP contribution in [0.5, 0.6) is 0 Å². The van der Waals surface area contributed by atoms with Gasteiger partial charge in [0.25, 0.3) is 5.78 Å².